The standard InChI is InChI=1S/C11H8BrNO3S/c1-15-10(14)7-3-2-4-8(5-7)16-11-13-6-9(12)17-11/h2-6H,1H3. The summed E-state index contributed by atoms with van der Waals surface area (Å²) in [5.74, 6) is 0.158. The van der Waals surface area contributed by atoms with E-state index in [-0.39, 0.29) is 0 Å². The van der Waals surface area contributed by atoms with Crippen molar-refractivity contribution in [1.82, 2.24) is 4.98 Å². The first kappa shape index (κ1) is 12.1. The van der Waals surface area contributed by atoms with Crippen molar-refractivity contribution in [3.63, 3.8) is 0 Å². The highest BCUT2D eigenvalue weighted by atomic mass is 79.9. The summed E-state index contributed by atoms with van der Waals surface area (Å²) in [4.78, 5) is 15.4. The summed E-state index contributed by atoms with van der Waals surface area (Å²) in [6.45, 7) is 0. The van der Waals surface area contributed by atoms with Crippen molar-refractivity contribution in [2.45, 2.75) is 0 Å². The van der Waals surface area contributed by atoms with Gasteiger partial charge in [0.25, 0.3) is 5.19 Å². The minimum atomic E-state index is -0.393. The van der Waals surface area contributed by atoms with Gasteiger partial charge in [-0.05, 0) is 34.1 Å². The molecule has 6 heteroatoms. The Hall–Kier alpha value is -1.40. The highest BCUT2D eigenvalue weighted by Gasteiger charge is 2.08. The van der Waals surface area contributed by atoms with Gasteiger partial charge in [-0.2, -0.15) is 0 Å². The third-order valence-electron chi connectivity index (χ3n) is 1.92. The molecule has 0 bridgehead atoms. The normalized spacial score (nSPS) is 10.0. The Balaban J connectivity index is 2.19. The van der Waals surface area contributed by atoms with Crippen molar-refractivity contribution in [3.05, 3.63) is 39.8 Å². The van der Waals surface area contributed by atoms with Crippen LogP contribution in [0, 0.1) is 0 Å². The van der Waals surface area contributed by atoms with Crippen LogP contribution in [0.2, 0.25) is 0 Å². The molecule has 1 aromatic carbocycles. The summed E-state index contributed by atoms with van der Waals surface area (Å²) in [6, 6.07) is 6.75. The third kappa shape index (κ3) is 3.04. The lowest BCUT2D eigenvalue weighted by Gasteiger charge is -2.03. The van der Waals surface area contributed by atoms with Gasteiger partial charge in [0.1, 0.15) is 5.75 Å². The van der Waals surface area contributed by atoms with Gasteiger partial charge in [-0.3, -0.25) is 0 Å². The highest BCUT2D eigenvalue weighted by molar-refractivity contribution is 9.11. The molecule has 0 unspecified atom stereocenters. The zero-order valence-electron chi connectivity index (χ0n) is 8.84. The lowest BCUT2D eigenvalue weighted by atomic mass is 10.2. The van der Waals surface area contributed by atoms with Crippen LogP contribution in [-0.4, -0.2) is 18.1 Å². The molecule has 0 saturated carbocycles. The number of nitrogens with zero attached hydrogens (tertiary/aromatic N) is 1. The number of thiazole rings is 1. The van der Waals surface area contributed by atoms with Crippen LogP contribution < -0.4 is 4.74 Å². The summed E-state index contributed by atoms with van der Waals surface area (Å²) in [5, 5.41) is 0.513. The molecule has 0 aliphatic heterocycles. The molecule has 0 radical (unpaired) electrons. The molecule has 2 rings (SSSR count). The second-order valence-electron chi connectivity index (χ2n) is 3.05. The van der Waals surface area contributed by atoms with Gasteiger partial charge in [0.2, 0.25) is 0 Å². The molecule has 0 N–H and O–H groups in total. The third-order valence-corrected chi connectivity index (χ3v) is 3.27. The SMILES string of the molecule is COC(=O)c1cccc(Oc2ncc(Br)s2)c1. The van der Waals surface area contributed by atoms with Gasteiger partial charge in [0, 0.05) is 0 Å². The van der Waals surface area contributed by atoms with E-state index < -0.39 is 5.97 Å². The lowest BCUT2D eigenvalue weighted by molar-refractivity contribution is 0.0600. The van der Waals surface area contributed by atoms with Crippen LogP contribution in [0.1, 0.15) is 10.4 Å². The van der Waals surface area contributed by atoms with E-state index in [2.05, 4.69) is 25.7 Å². The van der Waals surface area contributed by atoms with Crippen molar-refractivity contribution in [1.29, 1.82) is 0 Å². The minimum Gasteiger partial charge on any atom is -0.465 e. The predicted octanol–water partition coefficient (Wildman–Crippen LogP) is 3.48. The van der Waals surface area contributed by atoms with Crippen molar-refractivity contribution in [2.75, 3.05) is 7.11 Å². The second kappa shape index (κ2) is 5.29. The number of ether oxygens (including phenoxy) is 2. The van der Waals surface area contributed by atoms with Crippen molar-refractivity contribution >= 4 is 33.2 Å². The summed E-state index contributed by atoms with van der Waals surface area (Å²) >= 11 is 4.67. The number of carbonyl (C=O) groups excluding carboxylic acids is 1. The maximum atomic E-state index is 11.3. The van der Waals surface area contributed by atoms with Gasteiger partial charge in [0.15, 0.2) is 0 Å². The van der Waals surface area contributed by atoms with Crippen LogP contribution in [-0.2, 0) is 4.74 Å². The molecular weight excluding hydrogens is 306 g/mol. The average Bonchev–Trinajstić information content (AvgIpc) is 2.74. The fourth-order valence-electron chi connectivity index (χ4n) is 1.19. The van der Waals surface area contributed by atoms with E-state index in [1.807, 2.05) is 0 Å². The molecule has 0 fully saturated rings. The molecule has 1 heterocycles. The van der Waals surface area contributed by atoms with E-state index >= 15 is 0 Å². The van der Waals surface area contributed by atoms with Gasteiger partial charge in [-0.15, -0.1) is 0 Å². The summed E-state index contributed by atoms with van der Waals surface area (Å²) in [7, 11) is 1.34. The Labute approximate surface area is 110 Å². The number of hydrogen-bond acceptors (Lipinski definition) is 5. The molecule has 0 amide bonds. The van der Waals surface area contributed by atoms with E-state index in [0.29, 0.717) is 16.5 Å². The molecule has 1 aromatic heterocycles. The van der Waals surface area contributed by atoms with Gasteiger partial charge >= 0.3 is 5.97 Å². The van der Waals surface area contributed by atoms with E-state index in [1.54, 1.807) is 30.5 Å². The first-order valence-corrected chi connectivity index (χ1v) is 6.27. The van der Waals surface area contributed by atoms with Crippen molar-refractivity contribution < 1.29 is 14.3 Å². The Morgan fingerprint density at radius 3 is 2.94 bits per heavy atom. The van der Waals surface area contributed by atoms with E-state index in [9.17, 15) is 4.79 Å². The van der Waals surface area contributed by atoms with Crippen LogP contribution in [0.25, 0.3) is 0 Å². The number of hydrogen-bond donors (Lipinski definition) is 0. The zero-order valence-corrected chi connectivity index (χ0v) is 11.2. The van der Waals surface area contributed by atoms with Crippen LogP contribution in [0.4, 0.5) is 0 Å². The maximum absolute atomic E-state index is 11.3. The quantitative estimate of drug-likeness (QED) is 0.814. The first-order chi connectivity index (χ1) is 8.19. The molecule has 0 aliphatic carbocycles. The molecule has 0 spiro atoms. The van der Waals surface area contributed by atoms with E-state index in [0.717, 1.165) is 3.79 Å². The monoisotopic (exact) mass is 313 g/mol. The fourth-order valence-corrected chi connectivity index (χ4v) is 2.23. The van der Waals surface area contributed by atoms with Crippen molar-refractivity contribution in [2.24, 2.45) is 0 Å². The minimum absolute atomic E-state index is 0.393. The van der Waals surface area contributed by atoms with E-state index in [1.165, 1.54) is 18.4 Å². The highest BCUT2D eigenvalue weighted by Crippen LogP contribution is 2.29. The molecule has 0 aliphatic rings. The number of benzene rings is 1. The molecule has 88 valence electrons. The number of carbonyl (C=O) groups is 1. The van der Waals surface area contributed by atoms with Crippen LogP contribution in [0.15, 0.2) is 34.2 Å². The average molecular weight is 314 g/mol. The second-order valence-corrected chi connectivity index (χ2v) is 5.42. The molecule has 0 saturated heterocycles. The topological polar surface area (TPSA) is 48.4 Å². The molecule has 2 aromatic rings. The largest absolute Gasteiger partial charge is 0.465 e. The number of aromatic nitrogens is 1. The number of methoxy groups -OCH3 is 1. The summed E-state index contributed by atoms with van der Waals surface area (Å²) < 4.78 is 11.0. The first-order valence-electron chi connectivity index (χ1n) is 4.66. The zero-order chi connectivity index (χ0) is 12.3. The lowest BCUT2D eigenvalue weighted by Crippen LogP contribution is -2.00. The van der Waals surface area contributed by atoms with Crippen LogP contribution in [0.5, 0.6) is 10.9 Å². The van der Waals surface area contributed by atoms with Gasteiger partial charge in [0.05, 0.1) is 22.7 Å². The Morgan fingerprint density at radius 1 is 1.47 bits per heavy atom. The smallest absolute Gasteiger partial charge is 0.337 e. The van der Waals surface area contributed by atoms with Crippen LogP contribution in [0.3, 0.4) is 0 Å². The van der Waals surface area contributed by atoms with Gasteiger partial charge in [-0.1, -0.05) is 17.4 Å². The van der Waals surface area contributed by atoms with E-state index in [4.69, 9.17) is 4.74 Å². The molecular formula is C11H8BrNO3S. The number of rotatable bonds is 3. The van der Waals surface area contributed by atoms with Gasteiger partial charge in [-0.25, -0.2) is 9.78 Å². The fraction of sp³-hybridized carbons (Fsp3) is 0.0909. The summed E-state index contributed by atoms with van der Waals surface area (Å²) in [5.41, 5.74) is 0.445. The molecule has 0 atom stereocenters. The number of halogens is 1. The number of esters is 1. The predicted molar refractivity (Wildman–Crippen MR) is 67.7 cm³/mol. The van der Waals surface area contributed by atoms with Crippen LogP contribution >= 0.6 is 27.3 Å². The summed E-state index contributed by atoms with van der Waals surface area (Å²) in [6.07, 6.45) is 1.66. The van der Waals surface area contributed by atoms with Gasteiger partial charge < -0.3 is 9.47 Å². The molecule has 17 heavy (non-hydrogen) atoms. The Bertz CT molecular complexity index is 541. The van der Waals surface area contributed by atoms with Crippen molar-refractivity contribution in [3.8, 4) is 10.9 Å². The molecule has 4 nitrogen and oxygen atoms in total. The Kier molecular flexibility index (Phi) is 3.75. The Morgan fingerprint density at radius 2 is 2.29 bits per heavy atom. The maximum Gasteiger partial charge on any atom is 0.337 e.